The lowest BCUT2D eigenvalue weighted by Crippen LogP contribution is -2.43. The molecule has 0 unspecified atom stereocenters. The van der Waals surface area contributed by atoms with E-state index in [2.05, 4.69) is 0 Å². The highest BCUT2D eigenvalue weighted by Crippen LogP contribution is 2.16. The summed E-state index contributed by atoms with van der Waals surface area (Å²) in [5.74, 6) is -0.650. The van der Waals surface area contributed by atoms with Gasteiger partial charge in [-0.25, -0.2) is 0 Å². The van der Waals surface area contributed by atoms with Crippen molar-refractivity contribution in [2.45, 2.75) is 19.5 Å². The van der Waals surface area contributed by atoms with Gasteiger partial charge in [-0.1, -0.05) is 36.4 Å². The van der Waals surface area contributed by atoms with Crippen LogP contribution in [0.1, 0.15) is 28.0 Å². The van der Waals surface area contributed by atoms with Crippen LogP contribution in [0.5, 0.6) is 0 Å². The molecule has 0 aliphatic rings. The van der Waals surface area contributed by atoms with Crippen molar-refractivity contribution in [1.29, 1.82) is 0 Å². The summed E-state index contributed by atoms with van der Waals surface area (Å²) in [5, 5.41) is 11.2. The van der Waals surface area contributed by atoms with Gasteiger partial charge < -0.3 is 19.1 Å². The molecule has 3 rings (SSSR count). The Morgan fingerprint density at radius 2 is 1.77 bits per heavy atom. The molecule has 9 heteroatoms. The number of hydrogen-bond acceptors (Lipinski definition) is 5. The number of nitrogens with zero attached hydrogens (tertiary/aromatic N) is 4. The van der Waals surface area contributed by atoms with Crippen LogP contribution in [0.3, 0.4) is 0 Å². The van der Waals surface area contributed by atoms with Crippen molar-refractivity contribution >= 4 is 17.5 Å². The molecule has 0 saturated heterocycles. The molecule has 0 radical (unpaired) electrons. The maximum atomic E-state index is 13.5. The molecule has 2 aromatic carbocycles. The van der Waals surface area contributed by atoms with Gasteiger partial charge in [0.2, 0.25) is 5.91 Å². The molecule has 0 N–H and O–H groups in total. The van der Waals surface area contributed by atoms with E-state index >= 15 is 0 Å². The van der Waals surface area contributed by atoms with Crippen molar-refractivity contribution in [3.8, 4) is 0 Å². The van der Waals surface area contributed by atoms with E-state index in [-0.39, 0.29) is 30.2 Å². The highest BCUT2D eigenvalue weighted by Gasteiger charge is 2.24. The van der Waals surface area contributed by atoms with Gasteiger partial charge in [-0.2, -0.15) is 0 Å². The minimum absolute atomic E-state index is 0.150. The fraction of sp³-hybridized carbons (Fsp3) is 0.308. The van der Waals surface area contributed by atoms with E-state index in [9.17, 15) is 19.7 Å². The molecule has 0 aliphatic carbocycles. The van der Waals surface area contributed by atoms with Crippen molar-refractivity contribution in [2.24, 2.45) is 7.05 Å². The van der Waals surface area contributed by atoms with E-state index in [1.807, 2.05) is 60.3 Å². The highest BCUT2D eigenvalue weighted by molar-refractivity contribution is 5.97. The van der Waals surface area contributed by atoms with Crippen LogP contribution >= 0.6 is 0 Å². The Labute approximate surface area is 204 Å². The number of ether oxygens (including phenoxy) is 1. The Kier molecular flexibility index (Phi) is 9.14. The number of nitro groups is 1. The Balaban J connectivity index is 1.83. The standard InChI is InChI=1S/C26H30N4O5/c1-27-14-7-13-24(27)19-29(18-21-9-4-3-5-10-21)25(31)20-28(15-8-16-35-2)26(32)22-11-6-12-23(17-22)30(33)34/h3-7,9-14,17H,8,15-16,18-20H2,1-2H3. The summed E-state index contributed by atoms with van der Waals surface area (Å²) in [5.41, 5.74) is 1.94. The number of aromatic nitrogens is 1. The molecule has 0 atom stereocenters. The van der Waals surface area contributed by atoms with E-state index in [1.165, 1.54) is 29.2 Å². The van der Waals surface area contributed by atoms with Gasteiger partial charge in [0.05, 0.1) is 11.5 Å². The van der Waals surface area contributed by atoms with E-state index in [0.717, 1.165) is 11.3 Å². The number of rotatable bonds is 12. The summed E-state index contributed by atoms with van der Waals surface area (Å²) in [6.45, 7) is 1.33. The van der Waals surface area contributed by atoms with Crippen molar-refractivity contribution in [2.75, 3.05) is 26.8 Å². The molecular formula is C26H30N4O5. The smallest absolute Gasteiger partial charge is 0.270 e. The van der Waals surface area contributed by atoms with Crippen LogP contribution in [0.15, 0.2) is 72.9 Å². The van der Waals surface area contributed by atoms with E-state index in [1.54, 1.807) is 12.0 Å². The van der Waals surface area contributed by atoms with Crippen LogP contribution in [-0.4, -0.2) is 57.9 Å². The average Bonchev–Trinajstić information content (AvgIpc) is 3.27. The fourth-order valence-corrected chi connectivity index (χ4v) is 3.74. The predicted octanol–water partition coefficient (Wildman–Crippen LogP) is 3.64. The van der Waals surface area contributed by atoms with Gasteiger partial charge in [0.25, 0.3) is 11.6 Å². The largest absolute Gasteiger partial charge is 0.385 e. The second-order valence-electron chi connectivity index (χ2n) is 8.23. The Morgan fingerprint density at radius 3 is 2.43 bits per heavy atom. The summed E-state index contributed by atoms with van der Waals surface area (Å²) >= 11 is 0. The van der Waals surface area contributed by atoms with Crippen molar-refractivity contribution in [3.05, 3.63) is 99.9 Å². The molecule has 35 heavy (non-hydrogen) atoms. The number of non-ortho nitro benzene ring substituents is 1. The number of hydrogen-bond donors (Lipinski definition) is 0. The van der Waals surface area contributed by atoms with Crippen molar-refractivity contribution < 1.29 is 19.2 Å². The first-order chi connectivity index (χ1) is 16.9. The lowest BCUT2D eigenvalue weighted by Gasteiger charge is -2.28. The zero-order chi connectivity index (χ0) is 25.2. The number of aryl methyl sites for hydroxylation is 1. The number of carbonyl (C=O) groups excluding carboxylic acids is 2. The maximum absolute atomic E-state index is 13.5. The first kappa shape index (κ1) is 25.6. The number of nitro benzene ring substituents is 1. The molecule has 0 aliphatic heterocycles. The molecule has 0 spiro atoms. The lowest BCUT2D eigenvalue weighted by atomic mass is 10.1. The zero-order valence-corrected chi connectivity index (χ0v) is 20.0. The monoisotopic (exact) mass is 478 g/mol. The van der Waals surface area contributed by atoms with Crippen molar-refractivity contribution in [3.63, 3.8) is 0 Å². The normalized spacial score (nSPS) is 10.7. The van der Waals surface area contributed by atoms with Gasteiger partial charge >= 0.3 is 0 Å². The van der Waals surface area contributed by atoms with Crippen LogP contribution in [-0.2, 0) is 29.7 Å². The molecule has 3 aromatic rings. The Hall–Kier alpha value is -3.98. The van der Waals surface area contributed by atoms with Gasteiger partial charge in [-0.05, 0) is 30.2 Å². The molecule has 0 bridgehead atoms. The fourth-order valence-electron chi connectivity index (χ4n) is 3.74. The molecule has 1 heterocycles. The summed E-state index contributed by atoms with van der Waals surface area (Å²) in [7, 11) is 3.49. The minimum atomic E-state index is -0.543. The van der Waals surface area contributed by atoms with Gasteiger partial charge in [0.15, 0.2) is 0 Å². The van der Waals surface area contributed by atoms with Crippen LogP contribution in [0, 0.1) is 10.1 Å². The van der Waals surface area contributed by atoms with E-state index in [4.69, 9.17) is 4.74 Å². The lowest BCUT2D eigenvalue weighted by molar-refractivity contribution is -0.384. The van der Waals surface area contributed by atoms with E-state index < -0.39 is 10.8 Å². The third-order valence-corrected chi connectivity index (χ3v) is 5.67. The second kappa shape index (κ2) is 12.5. The minimum Gasteiger partial charge on any atom is -0.385 e. The first-order valence-electron chi connectivity index (χ1n) is 11.3. The first-order valence-corrected chi connectivity index (χ1v) is 11.3. The molecule has 9 nitrogen and oxygen atoms in total. The predicted molar refractivity (Wildman–Crippen MR) is 132 cm³/mol. The third-order valence-electron chi connectivity index (χ3n) is 5.67. The highest BCUT2D eigenvalue weighted by atomic mass is 16.6. The molecular weight excluding hydrogens is 448 g/mol. The molecule has 1 aromatic heterocycles. The molecule has 0 saturated carbocycles. The summed E-state index contributed by atoms with van der Waals surface area (Å²) in [6, 6.07) is 19.1. The van der Waals surface area contributed by atoms with Crippen molar-refractivity contribution in [1.82, 2.24) is 14.4 Å². The maximum Gasteiger partial charge on any atom is 0.270 e. The third kappa shape index (κ3) is 7.25. The number of carbonyl (C=O) groups is 2. The zero-order valence-electron chi connectivity index (χ0n) is 20.0. The Bertz CT molecular complexity index is 1150. The number of benzene rings is 2. The van der Waals surface area contributed by atoms with Gasteiger partial charge in [-0.3, -0.25) is 19.7 Å². The van der Waals surface area contributed by atoms with Crippen LogP contribution in [0.4, 0.5) is 5.69 Å². The van der Waals surface area contributed by atoms with E-state index in [0.29, 0.717) is 26.1 Å². The average molecular weight is 479 g/mol. The summed E-state index contributed by atoms with van der Waals surface area (Å²) in [4.78, 5) is 40.6. The Morgan fingerprint density at radius 1 is 1.00 bits per heavy atom. The van der Waals surface area contributed by atoms with Gasteiger partial charge in [-0.15, -0.1) is 0 Å². The number of amides is 2. The van der Waals surface area contributed by atoms with Crippen LogP contribution < -0.4 is 0 Å². The topological polar surface area (TPSA) is 97.9 Å². The van der Waals surface area contributed by atoms with Crippen LogP contribution in [0.2, 0.25) is 0 Å². The molecule has 2 amide bonds. The van der Waals surface area contributed by atoms with Gasteiger partial charge in [0.1, 0.15) is 6.54 Å². The number of methoxy groups -OCH3 is 1. The molecule has 0 fully saturated rings. The van der Waals surface area contributed by atoms with Gasteiger partial charge in [0, 0.05) is 63.4 Å². The van der Waals surface area contributed by atoms with Crippen LogP contribution in [0.25, 0.3) is 0 Å². The molecule has 184 valence electrons. The SMILES string of the molecule is COCCCN(CC(=O)N(Cc1ccccc1)Cc1cccn1C)C(=O)c1cccc([N+](=O)[O-])c1. The summed E-state index contributed by atoms with van der Waals surface area (Å²) < 4.78 is 7.07. The second-order valence-corrected chi connectivity index (χ2v) is 8.23. The quantitative estimate of drug-likeness (QED) is 0.225. The summed E-state index contributed by atoms with van der Waals surface area (Å²) in [6.07, 6.45) is 2.45.